The molecule has 3 nitrogen and oxygen atoms in total. The molecule has 0 spiro atoms. The fraction of sp³-hybridized carbons (Fsp3) is 0.130. The molecule has 0 saturated carbocycles. The third kappa shape index (κ3) is 2.89. The molecule has 0 N–H and O–H groups in total. The zero-order valence-electron chi connectivity index (χ0n) is 16.0. The molecule has 4 aromatic rings. The summed E-state index contributed by atoms with van der Waals surface area (Å²) in [7, 11) is 3.71. The average molecular weight is 377 g/mol. The monoisotopic (exact) mass is 377 g/mol. The van der Waals surface area contributed by atoms with E-state index < -0.39 is 11.6 Å². The van der Waals surface area contributed by atoms with Crippen molar-refractivity contribution < 1.29 is 17.9 Å². The second-order valence-corrected chi connectivity index (χ2v) is 6.85. The van der Waals surface area contributed by atoms with Crippen molar-refractivity contribution in [1.82, 2.24) is 4.57 Å². The highest BCUT2D eigenvalue weighted by Gasteiger charge is 2.29. The molecular weight excluding hydrogens is 356 g/mol. The SMILES string of the molecule is Cc1c(-c2cccc[n+]2C)c(F)cc(F)c1-c1n(-c2ccccc2)cc[n+]1C. The van der Waals surface area contributed by atoms with Crippen LogP contribution in [0.2, 0.25) is 0 Å². The summed E-state index contributed by atoms with van der Waals surface area (Å²) < 4.78 is 35.5. The van der Waals surface area contributed by atoms with E-state index in [0.717, 1.165) is 11.8 Å². The number of benzene rings is 2. The molecule has 0 saturated heterocycles. The van der Waals surface area contributed by atoms with Gasteiger partial charge in [0.25, 0.3) is 5.82 Å². The largest absolute Gasteiger partial charge is 0.297 e. The Morgan fingerprint density at radius 2 is 1.46 bits per heavy atom. The summed E-state index contributed by atoms with van der Waals surface area (Å²) in [5.41, 5.74) is 2.95. The Bertz CT molecular complexity index is 1160. The van der Waals surface area contributed by atoms with Crippen LogP contribution >= 0.6 is 0 Å². The maximum atomic E-state index is 15.1. The van der Waals surface area contributed by atoms with E-state index in [1.54, 1.807) is 6.92 Å². The quantitative estimate of drug-likeness (QED) is 0.478. The van der Waals surface area contributed by atoms with E-state index in [2.05, 4.69) is 0 Å². The molecule has 0 aliphatic carbocycles. The van der Waals surface area contributed by atoms with Crippen LogP contribution in [0, 0.1) is 18.6 Å². The lowest BCUT2D eigenvalue weighted by Crippen LogP contribution is -2.31. The predicted molar refractivity (Wildman–Crippen MR) is 104 cm³/mol. The second-order valence-electron chi connectivity index (χ2n) is 6.85. The minimum absolute atomic E-state index is 0.386. The Balaban J connectivity index is 2.03. The first-order valence-corrected chi connectivity index (χ1v) is 9.05. The van der Waals surface area contributed by atoms with E-state index in [1.807, 2.05) is 94.9 Å². The highest BCUT2D eigenvalue weighted by Crippen LogP contribution is 2.34. The molecule has 0 aliphatic heterocycles. The highest BCUT2D eigenvalue weighted by molar-refractivity contribution is 5.73. The maximum Gasteiger partial charge on any atom is 0.297 e. The predicted octanol–water partition coefficient (Wildman–Crippen LogP) is 4.05. The van der Waals surface area contributed by atoms with E-state index in [0.29, 0.717) is 28.2 Å². The topological polar surface area (TPSA) is 12.7 Å². The molecule has 0 unspecified atom stereocenters. The van der Waals surface area contributed by atoms with Crippen molar-refractivity contribution in [3.05, 3.63) is 90.4 Å². The van der Waals surface area contributed by atoms with Crippen LogP contribution in [-0.2, 0) is 14.1 Å². The summed E-state index contributed by atoms with van der Waals surface area (Å²) in [4.78, 5) is 0. The number of aromatic nitrogens is 3. The normalized spacial score (nSPS) is 11.0. The van der Waals surface area contributed by atoms with E-state index in [9.17, 15) is 4.39 Å². The standard InChI is InChI=1S/C23H21F2N3/c1-16-21(20-11-7-8-12-26(20)2)18(24)15-19(25)22(16)23-27(3)13-14-28(23)17-9-5-4-6-10-17/h4-15H,1-3H3/q+2. The number of nitrogens with zero attached hydrogens (tertiary/aromatic N) is 3. The van der Waals surface area contributed by atoms with Gasteiger partial charge in [0.2, 0.25) is 5.69 Å². The molecule has 0 fully saturated rings. The van der Waals surface area contributed by atoms with Gasteiger partial charge in [-0.1, -0.05) is 18.2 Å². The lowest BCUT2D eigenvalue weighted by atomic mass is 9.97. The van der Waals surface area contributed by atoms with Crippen LogP contribution in [0.15, 0.2) is 73.2 Å². The van der Waals surface area contributed by atoms with Gasteiger partial charge in [-0.3, -0.25) is 0 Å². The van der Waals surface area contributed by atoms with Gasteiger partial charge < -0.3 is 0 Å². The Hall–Kier alpha value is -3.34. The molecule has 2 aromatic heterocycles. The third-order valence-corrected chi connectivity index (χ3v) is 5.05. The fourth-order valence-electron chi connectivity index (χ4n) is 3.68. The Morgan fingerprint density at radius 1 is 0.786 bits per heavy atom. The molecule has 0 radical (unpaired) electrons. The zero-order chi connectivity index (χ0) is 19.8. The highest BCUT2D eigenvalue weighted by atomic mass is 19.1. The van der Waals surface area contributed by atoms with Crippen LogP contribution in [0.1, 0.15) is 5.56 Å². The minimum Gasteiger partial charge on any atom is -0.232 e. The van der Waals surface area contributed by atoms with Crippen molar-refractivity contribution in [2.45, 2.75) is 6.92 Å². The van der Waals surface area contributed by atoms with Gasteiger partial charge in [-0.05, 0) is 30.7 Å². The van der Waals surface area contributed by atoms with Crippen molar-refractivity contribution in [3.8, 4) is 28.3 Å². The van der Waals surface area contributed by atoms with Crippen LogP contribution in [0.4, 0.5) is 8.78 Å². The molecule has 2 aromatic carbocycles. The van der Waals surface area contributed by atoms with Gasteiger partial charge in [0, 0.05) is 18.2 Å². The summed E-state index contributed by atoms with van der Waals surface area (Å²) in [5, 5.41) is 0. The average Bonchev–Trinajstić information content (AvgIpc) is 3.05. The minimum atomic E-state index is -0.580. The van der Waals surface area contributed by atoms with E-state index in [-0.39, 0.29) is 0 Å². The zero-order valence-corrected chi connectivity index (χ0v) is 16.0. The van der Waals surface area contributed by atoms with Crippen molar-refractivity contribution in [1.29, 1.82) is 0 Å². The van der Waals surface area contributed by atoms with Crippen molar-refractivity contribution in [3.63, 3.8) is 0 Å². The first-order chi connectivity index (χ1) is 13.5. The molecule has 0 amide bonds. The number of hydrogen-bond acceptors (Lipinski definition) is 0. The lowest BCUT2D eigenvalue weighted by molar-refractivity contribution is -0.660. The van der Waals surface area contributed by atoms with Gasteiger partial charge in [0.05, 0.1) is 12.6 Å². The van der Waals surface area contributed by atoms with Gasteiger partial charge in [0.1, 0.15) is 42.3 Å². The smallest absolute Gasteiger partial charge is 0.232 e. The number of halogens is 2. The molecule has 0 atom stereocenters. The van der Waals surface area contributed by atoms with Crippen molar-refractivity contribution in [2.24, 2.45) is 14.1 Å². The van der Waals surface area contributed by atoms with Crippen LogP contribution in [0.3, 0.4) is 0 Å². The molecule has 2 heterocycles. The number of pyridine rings is 1. The van der Waals surface area contributed by atoms with E-state index in [1.165, 1.54) is 0 Å². The Morgan fingerprint density at radius 3 is 2.18 bits per heavy atom. The Labute approximate surface area is 162 Å². The lowest BCUT2D eigenvalue weighted by Gasteiger charge is -2.12. The summed E-state index contributed by atoms with van der Waals surface area (Å²) in [6, 6.07) is 16.3. The van der Waals surface area contributed by atoms with Gasteiger partial charge in [-0.15, -0.1) is 0 Å². The maximum absolute atomic E-state index is 15.1. The van der Waals surface area contributed by atoms with Crippen LogP contribution in [0.25, 0.3) is 28.3 Å². The Kier molecular flexibility index (Phi) is 4.51. The number of rotatable bonds is 3. The van der Waals surface area contributed by atoms with Crippen molar-refractivity contribution >= 4 is 0 Å². The number of aryl methyl sites for hydroxylation is 2. The van der Waals surface area contributed by atoms with Crippen LogP contribution < -0.4 is 9.13 Å². The summed E-state index contributed by atoms with van der Waals surface area (Å²) in [5.74, 6) is -0.495. The van der Waals surface area contributed by atoms with Gasteiger partial charge in [-0.2, -0.15) is 4.57 Å². The summed E-state index contributed by atoms with van der Waals surface area (Å²) in [6.45, 7) is 1.77. The first-order valence-electron chi connectivity index (χ1n) is 9.05. The molecule has 0 bridgehead atoms. The molecule has 140 valence electrons. The number of imidazole rings is 1. The number of hydrogen-bond donors (Lipinski definition) is 0. The van der Waals surface area contributed by atoms with Gasteiger partial charge in [0.15, 0.2) is 6.20 Å². The summed E-state index contributed by atoms with van der Waals surface area (Å²) in [6.07, 6.45) is 5.60. The van der Waals surface area contributed by atoms with Crippen LogP contribution in [0.5, 0.6) is 0 Å². The molecular formula is C23H21F2N3+2. The second kappa shape index (κ2) is 7.00. The van der Waals surface area contributed by atoms with Gasteiger partial charge >= 0.3 is 0 Å². The first kappa shape index (κ1) is 18.0. The molecule has 0 aliphatic rings. The molecule has 4 rings (SSSR count). The molecule has 28 heavy (non-hydrogen) atoms. The van der Waals surface area contributed by atoms with Crippen molar-refractivity contribution in [2.75, 3.05) is 0 Å². The van der Waals surface area contributed by atoms with Gasteiger partial charge in [-0.25, -0.2) is 17.9 Å². The fourth-order valence-corrected chi connectivity index (χ4v) is 3.68. The third-order valence-electron chi connectivity index (χ3n) is 5.05. The number of para-hydroxylation sites is 1. The van der Waals surface area contributed by atoms with E-state index in [4.69, 9.17) is 0 Å². The molecule has 5 heteroatoms. The van der Waals surface area contributed by atoms with E-state index >= 15 is 4.39 Å². The summed E-state index contributed by atoms with van der Waals surface area (Å²) >= 11 is 0. The van der Waals surface area contributed by atoms with Crippen LogP contribution in [-0.4, -0.2) is 4.57 Å².